The molecule has 0 aliphatic rings. The molecule has 5 nitrogen and oxygen atoms in total. The Bertz CT molecular complexity index is 823. The maximum absolute atomic E-state index is 12.3. The highest BCUT2D eigenvalue weighted by atomic mass is 32.2. The summed E-state index contributed by atoms with van der Waals surface area (Å²) in [5.74, 6) is -0.123. The molecule has 0 aromatic heterocycles. The maximum Gasteiger partial charge on any atom is 0.243 e. The van der Waals surface area contributed by atoms with Crippen LogP contribution in [0.3, 0.4) is 0 Å². The quantitative estimate of drug-likeness (QED) is 0.904. The second kappa shape index (κ2) is 7.05. The maximum atomic E-state index is 12.3. The zero-order valence-corrected chi connectivity index (χ0v) is 15.1. The van der Waals surface area contributed by atoms with E-state index >= 15 is 0 Å². The summed E-state index contributed by atoms with van der Waals surface area (Å²) in [5, 5.41) is 2.94. The van der Waals surface area contributed by atoms with Crippen LogP contribution in [0.2, 0.25) is 0 Å². The molecular weight excluding hydrogens is 324 g/mol. The Balaban J connectivity index is 2.06. The predicted molar refractivity (Wildman–Crippen MR) is 97.4 cm³/mol. The molecule has 2 aromatic carbocycles. The fourth-order valence-corrected chi connectivity index (χ4v) is 3.08. The molecule has 0 bridgehead atoms. The third-order valence-electron chi connectivity index (χ3n) is 3.83. The summed E-state index contributed by atoms with van der Waals surface area (Å²) in [5.41, 5.74) is 3.65. The van der Waals surface area contributed by atoms with E-state index in [1.807, 2.05) is 32.0 Å². The minimum absolute atomic E-state index is 0.123. The average Bonchev–Trinajstić information content (AvgIpc) is 2.50. The van der Waals surface area contributed by atoms with Gasteiger partial charge in [0.15, 0.2) is 9.84 Å². The highest BCUT2D eigenvalue weighted by Crippen LogP contribution is 2.20. The number of carbonyl (C=O) groups is 1. The first-order valence-electron chi connectivity index (χ1n) is 7.56. The molecule has 2 aromatic rings. The number of para-hydroxylation sites is 1. The van der Waals surface area contributed by atoms with E-state index in [1.54, 1.807) is 36.2 Å². The summed E-state index contributed by atoms with van der Waals surface area (Å²) in [4.78, 5) is 14.3. The first-order chi connectivity index (χ1) is 11.2. The van der Waals surface area contributed by atoms with Gasteiger partial charge in [-0.1, -0.05) is 18.2 Å². The molecule has 0 spiro atoms. The molecule has 2 rings (SSSR count). The number of likely N-dealkylation sites (N-methyl/N-ethyl adjacent to an activating group) is 1. The highest BCUT2D eigenvalue weighted by Gasteiger charge is 2.12. The van der Waals surface area contributed by atoms with Crippen LogP contribution in [0.15, 0.2) is 47.4 Å². The monoisotopic (exact) mass is 346 g/mol. The first-order valence-corrected chi connectivity index (χ1v) is 9.45. The smallest absolute Gasteiger partial charge is 0.243 e. The molecule has 1 amide bonds. The van der Waals surface area contributed by atoms with Crippen molar-refractivity contribution in [2.45, 2.75) is 18.7 Å². The van der Waals surface area contributed by atoms with Crippen molar-refractivity contribution >= 4 is 27.1 Å². The van der Waals surface area contributed by atoms with Crippen molar-refractivity contribution in [3.63, 3.8) is 0 Å². The molecule has 0 heterocycles. The van der Waals surface area contributed by atoms with Crippen LogP contribution in [0, 0.1) is 13.8 Å². The molecule has 0 unspecified atom stereocenters. The summed E-state index contributed by atoms with van der Waals surface area (Å²) >= 11 is 0. The zero-order chi connectivity index (χ0) is 17.9. The zero-order valence-electron chi connectivity index (χ0n) is 14.3. The van der Waals surface area contributed by atoms with Gasteiger partial charge in [-0.15, -0.1) is 0 Å². The number of carbonyl (C=O) groups excluding carboxylic acids is 1. The van der Waals surface area contributed by atoms with Crippen LogP contribution < -0.4 is 10.2 Å². The fourth-order valence-electron chi connectivity index (χ4n) is 2.45. The molecule has 0 saturated heterocycles. The highest BCUT2D eigenvalue weighted by molar-refractivity contribution is 7.90. The van der Waals surface area contributed by atoms with Crippen molar-refractivity contribution in [1.82, 2.24) is 0 Å². The van der Waals surface area contributed by atoms with Crippen LogP contribution in [-0.4, -0.2) is 34.2 Å². The SMILES string of the molecule is Cc1cccc(C)c1NC(=O)CN(C)c1ccc(S(C)(=O)=O)cc1. The van der Waals surface area contributed by atoms with E-state index in [9.17, 15) is 13.2 Å². The Labute approximate surface area is 143 Å². The summed E-state index contributed by atoms with van der Waals surface area (Å²) in [6, 6.07) is 12.3. The van der Waals surface area contributed by atoms with Gasteiger partial charge in [0.25, 0.3) is 0 Å². The fraction of sp³-hybridized carbons (Fsp3) is 0.278. The van der Waals surface area contributed by atoms with Crippen molar-refractivity contribution in [3.05, 3.63) is 53.6 Å². The van der Waals surface area contributed by atoms with Crippen molar-refractivity contribution < 1.29 is 13.2 Å². The summed E-state index contributed by atoms with van der Waals surface area (Å²) in [7, 11) is -1.42. The lowest BCUT2D eigenvalue weighted by molar-refractivity contribution is -0.114. The van der Waals surface area contributed by atoms with E-state index in [4.69, 9.17) is 0 Å². The number of aryl methyl sites for hydroxylation is 2. The lowest BCUT2D eigenvalue weighted by Gasteiger charge is -2.20. The van der Waals surface area contributed by atoms with Gasteiger partial charge in [0.2, 0.25) is 5.91 Å². The average molecular weight is 346 g/mol. The predicted octanol–water partition coefficient (Wildman–Crippen LogP) is 2.78. The van der Waals surface area contributed by atoms with Gasteiger partial charge >= 0.3 is 0 Å². The van der Waals surface area contributed by atoms with E-state index in [0.29, 0.717) is 0 Å². The van der Waals surface area contributed by atoms with E-state index < -0.39 is 9.84 Å². The van der Waals surface area contributed by atoms with Crippen LogP contribution in [0.5, 0.6) is 0 Å². The lowest BCUT2D eigenvalue weighted by Crippen LogP contribution is -2.30. The van der Waals surface area contributed by atoms with Crippen LogP contribution >= 0.6 is 0 Å². The Morgan fingerprint density at radius 1 is 1.04 bits per heavy atom. The van der Waals surface area contributed by atoms with Gasteiger partial charge in [-0.2, -0.15) is 0 Å². The minimum Gasteiger partial charge on any atom is -0.365 e. The topological polar surface area (TPSA) is 66.5 Å². The molecule has 1 N–H and O–H groups in total. The minimum atomic E-state index is -3.22. The number of benzene rings is 2. The van der Waals surface area contributed by atoms with Crippen LogP contribution in [0.25, 0.3) is 0 Å². The second-order valence-electron chi connectivity index (χ2n) is 5.94. The molecule has 0 saturated carbocycles. The van der Waals surface area contributed by atoms with Gasteiger partial charge in [-0.3, -0.25) is 4.79 Å². The van der Waals surface area contributed by atoms with Crippen LogP contribution in [0.1, 0.15) is 11.1 Å². The molecule has 0 aliphatic heterocycles. The number of nitrogens with zero attached hydrogens (tertiary/aromatic N) is 1. The van der Waals surface area contributed by atoms with E-state index in [1.165, 1.54) is 6.26 Å². The standard InChI is InChI=1S/C18H22N2O3S/c1-13-6-5-7-14(2)18(13)19-17(21)12-20(3)15-8-10-16(11-9-15)24(4,22)23/h5-11H,12H2,1-4H3,(H,19,21). The molecule has 0 atom stereocenters. The van der Waals surface area contributed by atoms with Gasteiger partial charge in [0.1, 0.15) is 0 Å². The molecule has 0 fully saturated rings. The van der Waals surface area contributed by atoms with E-state index in [-0.39, 0.29) is 17.3 Å². The normalized spacial score (nSPS) is 11.2. The molecule has 6 heteroatoms. The number of rotatable bonds is 5. The molecule has 0 radical (unpaired) electrons. The number of hydrogen-bond acceptors (Lipinski definition) is 4. The number of anilines is 2. The Hall–Kier alpha value is -2.34. The third-order valence-corrected chi connectivity index (χ3v) is 4.96. The lowest BCUT2D eigenvalue weighted by atomic mass is 10.1. The van der Waals surface area contributed by atoms with Crippen molar-refractivity contribution in [2.75, 3.05) is 30.1 Å². The molecule has 24 heavy (non-hydrogen) atoms. The van der Waals surface area contributed by atoms with Crippen molar-refractivity contribution in [2.24, 2.45) is 0 Å². The van der Waals surface area contributed by atoms with Crippen LogP contribution in [0.4, 0.5) is 11.4 Å². The summed E-state index contributed by atoms with van der Waals surface area (Å²) < 4.78 is 23.0. The Morgan fingerprint density at radius 3 is 2.08 bits per heavy atom. The summed E-state index contributed by atoms with van der Waals surface area (Å²) in [6.07, 6.45) is 1.17. The van der Waals surface area contributed by atoms with E-state index in [2.05, 4.69) is 5.32 Å². The van der Waals surface area contributed by atoms with Crippen molar-refractivity contribution in [1.29, 1.82) is 0 Å². The number of sulfone groups is 1. The van der Waals surface area contributed by atoms with Gasteiger partial charge in [0, 0.05) is 24.7 Å². The summed E-state index contributed by atoms with van der Waals surface area (Å²) in [6.45, 7) is 4.08. The molecule has 0 aliphatic carbocycles. The number of nitrogens with one attached hydrogen (secondary N) is 1. The molecular formula is C18H22N2O3S. The van der Waals surface area contributed by atoms with Crippen molar-refractivity contribution in [3.8, 4) is 0 Å². The Morgan fingerprint density at radius 2 is 1.58 bits per heavy atom. The third kappa shape index (κ3) is 4.35. The molecule has 128 valence electrons. The Kier molecular flexibility index (Phi) is 5.29. The van der Waals surface area contributed by atoms with Gasteiger partial charge in [-0.25, -0.2) is 8.42 Å². The van der Waals surface area contributed by atoms with Crippen LogP contribution in [-0.2, 0) is 14.6 Å². The number of amides is 1. The van der Waals surface area contributed by atoms with Gasteiger partial charge in [-0.05, 0) is 49.2 Å². The van der Waals surface area contributed by atoms with Gasteiger partial charge < -0.3 is 10.2 Å². The first kappa shape index (κ1) is 18.0. The second-order valence-corrected chi connectivity index (χ2v) is 7.95. The number of hydrogen-bond donors (Lipinski definition) is 1. The van der Waals surface area contributed by atoms with E-state index in [0.717, 1.165) is 22.5 Å². The largest absolute Gasteiger partial charge is 0.365 e. The van der Waals surface area contributed by atoms with Gasteiger partial charge in [0.05, 0.1) is 11.4 Å².